The van der Waals surface area contributed by atoms with Crippen molar-refractivity contribution in [1.29, 1.82) is 0 Å². The second-order valence-corrected chi connectivity index (χ2v) is 5.59. The smallest absolute Gasteiger partial charge is 0.0357 e. The van der Waals surface area contributed by atoms with Crippen LogP contribution in [0.4, 0.5) is 0 Å². The minimum Gasteiger partial charge on any atom is -0.330 e. The first-order valence-corrected chi connectivity index (χ1v) is 7.26. The van der Waals surface area contributed by atoms with Crippen LogP contribution in [0.25, 0.3) is 0 Å². The van der Waals surface area contributed by atoms with Crippen molar-refractivity contribution in [2.75, 3.05) is 20.1 Å². The van der Waals surface area contributed by atoms with Gasteiger partial charge in [-0.2, -0.15) is 0 Å². The van der Waals surface area contributed by atoms with Crippen molar-refractivity contribution < 1.29 is 0 Å². The molecule has 1 aromatic carbocycles. The highest BCUT2D eigenvalue weighted by atomic mass is 15.1. The van der Waals surface area contributed by atoms with E-state index in [9.17, 15) is 0 Å². The Bertz CT molecular complexity index is 330. The minimum atomic E-state index is 0.483. The largest absolute Gasteiger partial charge is 0.330 e. The Balaban J connectivity index is 1.99. The highest BCUT2D eigenvalue weighted by molar-refractivity contribution is 5.19. The van der Waals surface area contributed by atoms with Crippen LogP contribution in [0.2, 0.25) is 0 Å². The van der Waals surface area contributed by atoms with Crippen LogP contribution in [0, 0.1) is 5.92 Å². The van der Waals surface area contributed by atoms with Crippen molar-refractivity contribution in [3.8, 4) is 0 Å². The molecule has 0 aromatic heterocycles. The maximum absolute atomic E-state index is 5.79. The molecule has 1 unspecified atom stereocenters. The summed E-state index contributed by atoms with van der Waals surface area (Å²) in [4.78, 5) is 2.51. The van der Waals surface area contributed by atoms with Gasteiger partial charge in [-0.05, 0) is 44.3 Å². The lowest BCUT2D eigenvalue weighted by Crippen LogP contribution is -2.30. The molecule has 1 aromatic rings. The first kappa shape index (κ1) is 13.6. The zero-order valence-corrected chi connectivity index (χ0v) is 11.5. The summed E-state index contributed by atoms with van der Waals surface area (Å²) in [5, 5.41) is 0. The van der Waals surface area contributed by atoms with Crippen molar-refractivity contribution in [3.63, 3.8) is 0 Å². The molecule has 1 aliphatic rings. The standard InChI is InChI=1S/C16H26N2/c1-18(13-14-7-5-6-8-14)16(11-12-17)15-9-3-2-4-10-15/h2-4,9-10,14,16H,5-8,11-13,17H2,1H3. The van der Waals surface area contributed by atoms with Gasteiger partial charge in [0, 0.05) is 12.6 Å². The van der Waals surface area contributed by atoms with Crippen LogP contribution in [0.15, 0.2) is 30.3 Å². The minimum absolute atomic E-state index is 0.483. The number of rotatable bonds is 6. The van der Waals surface area contributed by atoms with Gasteiger partial charge in [0.15, 0.2) is 0 Å². The molecule has 0 spiro atoms. The van der Waals surface area contributed by atoms with Crippen LogP contribution in [0.1, 0.15) is 43.7 Å². The second kappa shape index (κ2) is 6.91. The Kier molecular flexibility index (Phi) is 5.21. The highest BCUT2D eigenvalue weighted by Crippen LogP contribution is 2.29. The van der Waals surface area contributed by atoms with E-state index >= 15 is 0 Å². The molecule has 0 heterocycles. The predicted molar refractivity (Wildman–Crippen MR) is 77.4 cm³/mol. The lowest BCUT2D eigenvalue weighted by molar-refractivity contribution is 0.200. The summed E-state index contributed by atoms with van der Waals surface area (Å²) in [6.45, 7) is 1.98. The quantitative estimate of drug-likeness (QED) is 0.835. The maximum atomic E-state index is 5.79. The zero-order valence-electron chi connectivity index (χ0n) is 11.5. The Morgan fingerprint density at radius 1 is 1.22 bits per heavy atom. The number of nitrogens with two attached hydrogens (primary N) is 1. The van der Waals surface area contributed by atoms with Gasteiger partial charge in [-0.25, -0.2) is 0 Å². The van der Waals surface area contributed by atoms with E-state index in [4.69, 9.17) is 5.73 Å². The lowest BCUT2D eigenvalue weighted by atomic mass is 10.00. The molecule has 100 valence electrons. The van der Waals surface area contributed by atoms with Gasteiger partial charge in [-0.15, -0.1) is 0 Å². The Morgan fingerprint density at radius 2 is 1.89 bits per heavy atom. The molecule has 1 fully saturated rings. The molecule has 2 N–H and O–H groups in total. The van der Waals surface area contributed by atoms with Crippen molar-refractivity contribution >= 4 is 0 Å². The highest BCUT2D eigenvalue weighted by Gasteiger charge is 2.21. The van der Waals surface area contributed by atoms with Crippen molar-refractivity contribution in [3.05, 3.63) is 35.9 Å². The van der Waals surface area contributed by atoms with Crippen LogP contribution in [-0.2, 0) is 0 Å². The molecular weight excluding hydrogens is 220 g/mol. The molecule has 1 aliphatic carbocycles. The fourth-order valence-electron chi connectivity index (χ4n) is 3.20. The fourth-order valence-corrected chi connectivity index (χ4v) is 3.20. The van der Waals surface area contributed by atoms with E-state index in [2.05, 4.69) is 42.3 Å². The van der Waals surface area contributed by atoms with Crippen molar-refractivity contribution in [2.24, 2.45) is 11.7 Å². The molecular formula is C16H26N2. The molecule has 0 bridgehead atoms. The molecule has 2 heteroatoms. The van der Waals surface area contributed by atoms with E-state index in [0.29, 0.717) is 6.04 Å². The summed E-state index contributed by atoms with van der Waals surface area (Å²) in [6.07, 6.45) is 6.72. The van der Waals surface area contributed by atoms with Gasteiger partial charge in [0.2, 0.25) is 0 Å². The topological polar surface area (TPSA) is 29.3 Å². The van der Waals surface area contributed by atoms with Gasteiger partial charge in [-0.1, -0.05) is 43.2 Å². The zero-order chi connectivity index (χ0) is 12.8. The van der Waals surface area contributed by atoms with Crippen LogP contribution < -0.4 is 5.73 Å². The van der Waals surface area contributed by atoms with Gasteiger partial charge in [-0.3, -0.25) is 4.90 Å². The van der Waals surface area contributed by atoms with Crippen LogP contribution >= 0.6 is 0 Å². The summed E-state index contributed by atoms with van der Waals surface area (Å²) >= 11 is 0. The summed E-state index contributed by atoms with van der Waals surface area (Å²) in [5.74, 6) is 0.902. The van der Waals surface area contributed by atoms with Crippen molar-refractivity contribution in [1.82, 2.24) is 4.90 Å². The summed E-state index contributed by atoms with van der Waals surface area (Å²) in [5.41, 5.74) is 7.19. The normalized spacial score (nSPS) is 18.4. The van der Waals surface area contributed by atoms with Gasteiger partial charge >= 0.3 is 0 Å². The molecule has 0 radical (unpaired) electrons. The monoisotopic (exact) mass is 246 g/mol. The number of hydrogen-bond donors (Lipinski definition) is 1. The van der Waals surface area contributed by atoms with E-state index < -0.39 is 0 Å². The third-order valence-corrected chi connectivity index (χ3v) is 4.18. The molecule has 0 aliphatic heterocycles. The third kappa shape index (κ3) is 3.56. The second-order valence-electron chi connectivity index (χ2n) is 5.59. The van der Waals surface area contributed by atoms with Gasteiger partial charge in [0.1, 0.15) is 0 Å². The van der Waals surface area contributed by atoms with Gasteiger partial charge in [0.25, 0.3) is 0 Å². The average Bonchev–Trinajstić information content (AvgIpc) is 2.89. The summed E-state index contributed by atoms with van der Waals surface area (Å²) < 4.78 is 0. The number of hydrogen-bond acceptors (Lipinski definition) is 2. The third-order valence-electron chi connectivity index (χ3n) is 4.18. The molecule has 0 amide bonds. The van der Waals surface area contributed by atoms with E-state index in [-0.39, 0.29) is 0 Å². The molecule has 18 heavy (non-hydrogen) atoms. The van der Waals surface area contributed by atoms with Crippen LogP contribution in [0.5, 0.6) is 0 Å². The summed E-state index contributed by atoms with van der Waals surface area (Å²) in [7, 11) is 2.26. The van der Waals surface area contributed by atoms with E-state index in [1.807, 2.05) is 0 Å². The molecule has 0 saturated heterocycles. The van der Waals surface area contributed by atoms with E-state index in [1.54, 1.807) is 0 Å². The molecule has 2 nitrogen and oxygen atoms in total. The Hall–Kier alpha value is -0.860. The van der Waals surface area contributed by atoms with E-state index in [0.717, 1.165) is 18.9 Å². The molecule has 1 atom stereocenters. The number of benzene rings is 1. The Labute approximate surface area is 111 Å². The van der Waals surface area contributed by atoms with Crippen LogP contribution in [-0.4, -0.2) is 25.0 Å². The van der Waals surface area contributed by atoms with Crippen LogP contribution in [0.3, 0.4) is 0 Å². The first-order chi connectivity index (χ1) is 8.81. The Morgan fingerprint density at radius 3 is 2.50 bits per heavy atom. The van der Waals surface area contributed by atoms with E-state index in [1.165, 1.54) is 37.8 Å². The molecule has 2 rings (SSSR count). The first-order valence-electron chi connectivity index (χ1n) is 7.26. The van der Waals surface area contributed by atoms with Gasteiger partial charge < -0.3 is 5.73 Å². The predicted octanol–water partition coefficient (Wildman–Crippen LogP) is 3.20. The fraction of sp³-hybridized carbons (Fsp3) is 0.625. The average molecular weight is 246 g/mol. The molecule has 1 saturated carbocycles. The number of nitrogens with zero attached hydrogens (tertiary/aromatic N) is 1. The van der Waals surface area contributed by atoms with Crippen molar-refractivity contribution in [2.45, 2.75) is 38.1 Å². The summed E-state index contributed by atoms with van der Waals surface area (Å²) in [6, 6.07) is 11.3. The SMILES string of the molecule is CN(CC1CCCC1)C(CCN)c1ccccc1. The lowest BCUT2D eigenvalue weighted by Gasteiger charge is -2.30. The maximum Gasteiger partial charge on any atom is 0.0357 e. The van der Waals surface area contributed by atoms with Gasteiger partial charge in [0.05, 0.1) is 0 Å².